The molecule has 0 spiro atoms. The zero-order valence-corrected chi connectivity index (χ0v) is 13.7. The topological polar surface area (TPSA) is 56.5 Å². The van der Waals surface area contributed by atoms with Gasteiger partial charge in [-0.05, 0) is 17.7 Å². The minimum Gasteiger partial charge on any atom is -0.497 e. The molecule has 0 aliphatic carbocycles. The number of imidazole rings is 1. The van der Waals surface area contributed by atoms with E-state index in [-0.39, 0.29) is 0 Å². The Kier molecular flexibility index (Phi) is 4.82. The maximum atomic E-state index is 10.8. The van der Waals surface area contributed by atoms with E-state index in [1.54, 1.807) is 38.6 Å². The number of benzene rings is 2. The van der Waals surface area contributed by atoms with Gasteiger partial charge in [0.05, 0.1) is 14.2 Å². The molecule has 1 atom stereocenters. The predicted octanol–water partition coefficient (Wildman–Crippen LogP) is 3.03. The third-order valence-electron chi connectivity index (χ3n) is 3.92. The number of hydrogen-bond acceptors (Lipinski definition) is 4. The molecule has 5 heteroatoms. The first-order chi connectivity index (χ1) is 11.7. The quantitative estimate of drug-likeness (QED) is 0.757. The summed E-state index contributed by atoms with van der Waals surface area (Å²) in [6.45, 7) is 0.645. The summed E-state index contributed by atoms with van der Waals surface area (Å²) in [6.07, 6.45) is 2.67. The molecule has 0 saturated carbocycles. The zero-order valence-electron chi connectivity index (χ0n) is 13.7. The number of nitrogens with zero attached hydrogens (tertiary/aromatic N) is 2. The first-order valence-corrected chi connectivity index (χ1v) is 7.68. The van der Waals surface area contributed by atoms with E-state index in [1.165, 1.54) is 0 Å². The Hall–Kier alpha value is -2.79. The molecule has 24 heavy (non-hydrogen) atoms. The van der Waals surface area contributed by atoms with Crippen molar-refractivity contribution in [2.75, 3.05) is 14.2 Å². The van der Waals surface area contributed by atoms with Crippen LogP contribution in [0.2, 0.25) is 0 Å². The van der Waals surface area contributed by atoms with Gasteiger partial charge in [-0.15, -0.1) is 0 Å². The molecule has 0 fully saturated rings. The third-order valence-corrected chi connectivity index (χ3v) is 3.92. The molecule has 1 aromatic heterocycles. The van der Waals surface area contributed by atoms with Crippen LogP contribution in [-0.4, -0.2) is 28.9 Å². The second-order valence-corrected chi connectivity index (χ2v) is 5.41. The van der Waals surface area contributed by atoms with Gasteiger partial charge in [0.1, 0.15) is 23.4 Å². The smallest absolute Gasteiger partial charge is 0.142 e. The maximum absolute atomic E-state index is 10.8. The molecule has 0 aliphatic heterocycles. The van der Waals surface area contributed by atoms with Crippen molar-refractivity contribution in [2.45, 2.75) is 12.6 Å². The van der Waals surface area contributed by atoms with E-state index in [9.17, 15) is 5.11 Å². The maximum Gasteiger partial charge on any atom is 0.142 e. The van der Waals surface area contributed by atoms with Crippen molar-refractivity contribution in [3.63, 3.8) is 0 Å². The molecular formula is C19H20N2O3. The lowest BCUT2D eigenvalue weighted by atomic mass is 10.1. The predicted molar refractivity (Wildman–Crippen MR) is 91.4 cm³/mol. The summed E-state index contributed by atoms with van der Waals surface area (Å²) in [6, 6.07) is 15.4. The van der Waals surface area contributed by atoms with Crippen molar-refractivity contribution in [1.29, 1.82) is 0 Å². The van der Waals surface area contributed by atoms with Gasteiger partial charge in [-0.3, -0.25) is 0 Å². The standard InChI is InChI=1S/C19H20N2O3/c1-23-15-8-9-16(17(12-15)24-2)18(22)19-20-10-11-21(19)13-14-6-4-3-5-7-14/h3-12,18,22H,13H2,1-2H3/t18-/m0/s1. The number of methoxy groups -OCH3 is 2. The van der Waals surface area contributed by atoms with E-state index >= 15 is 0 Å². The van der Waals surface area contributed by atoms with Crippen molar-refractivity contribution >= 4 is 0 Å². The Morgan fingerprint density at radius 2 is 1.88 bits per heavy atom. The Morgan fingerprint density at radius 1 is 1.08 bits per heavy atom. The fourth-order valence-electron chi connectivity index (χ4n) is 2.67. The number of aliphatic hydroxyl groups is 1. The second-order valence-electron chi connectivity index (χ2n) is 5.41. The summed E-state index contributed by atoms with van der Waals surface area (Å²) in [7, 11) is 3.17. The Balaban J connectivity index is 1.91. The van der Waals surface area contributed by atoms with Crippen molar-refractivity contribution in [3.05, 3.63) is 77.9 Å². The zero-order chi connectivity index (χ0) is 16.9. The lowest BCUT2D eigenvalue weighted by molar-refractivity contribution is 0.200. The van der Waals surface area contributed by atoms with Gasteiger partial charge in [-0.2, -0.15) is 0 Å². The first kappa shape index (κ1) is 16.1. The largest absolute Gasteiger partial charge is 0.497 e. The lowest BCUT2D eigenvalue weighted by Crippen LogP contribution is -2.11. The van der Waals surface area contributed by atoms with Crippen LogP contribution in [0.4, 0.5) is 0 Å². The highest BCUT2D eigenvalue weighted by Crippen LogP contribution is 2.32. The van der Waals surface area contributed by atoms with E-state index in [0.717, 1.165) is 5.56 Å². The van der Waals surface area contributed by atoms with Crippen LogP contribution in [0.1, 0.15) is 23.1 Å². The minimum absolute atomic E-state index is 0.566. The summed E-state index contributed by atoms with van der Waals surface area (Å²) in [5.41, 5.74) is 1.80. The van der Waals surface area contributed by atoms with Crippen LogP contribution in [0.3, 0.4) is 0 Å². The monoisotopic (exact) mass is 324 g/mol. The summed E-state index contributed by atoms with van der Waals surface area (Å²) in [5.74, 6) is 1.81. The highest BCUT2D eigenvalue weighted by atomic mass is 16.5. The number of rotatable bonds is 6. The van der Waals surface area contributed by atoms with Crippen LogP contribution < -0.4 is 9.47 Å². The lowest BCUT2D eigenvalue weighted by Gasteiger charge is -2.17. The number of ether oxygens (including phenoxy) is 2. The molecule has 0 unspecified atom stereocenters. The van der Waals surface area contributed by atoms with Gasteiger partial charge in [-0.1, -0.05) is 30.3 Å². The van der Waals surface area contributed by atoms with E-state index in [2.05, 4.69) is 4.98 Å². The SMILES string of the molecule is COc1ccc([C@H](O)c2nccn2Cc2ccccc2)c(OC)c1. The van der Waals surface area contributed by atoms with Gasteiger partial charge in [0.25, 0.3) is 0 Å². The second kappa shape index (κ2) is 7.19. The van der Waals surface area contributed by atoms with Crippen LogP contribution >= 0.6 is 0 Å². The van der Waals surface area contributed by atoms with Crippen LogP contribution in [0.25, 0.3) is 0 Å². The van der Waals surface area contributed by atoms with Gasteiger partial charge in [0.15, 0.2) is 0 Å². The Morgan fingerprint density at radius 3 is 2.58 bits per heavy atom. The molecule has 0 bridgehead atoms. The Bertz CT molecular complexity index is 799. The van der Waals surface area contributed by atoms with Crippen LogP contribution in [0, 0.1) is 0 Å². The fourth-order valence-corrected chi connectivity index (χ4v) is 2.67. The highest BCUT2D eigenvalue weighted by Gasteiger charge is 2.20. The molecule has 1 N–H and O–H groups in total. The highest BCUT2D eigenvalue weighted by molar-refractivity contribution is 5.43. The van der Waals surface area contributed by atoms with Crippen LogP contribution in [-0.2, 0) is 6.54 Å². The molecule has 1 heterocycles. The van der Waals surface area contributed by atoms with Gasteiger partial charge < -0.3 is 19.1 Å². The average molecular weight is 324 g/mol. The molecule has 3 rings (SSSR count). The molecule has 5 nitrogen and oxygen atoms in total. The van der Waals surface area contributed by atoms with Gasteiger partial charge in [0, 0.05) is 30.6 Å². The molecule has 2 aromatic carbocycles. The molecule has 0 aliphatic rings. The van der Waals surface area contributed by atoms with Crippen molar-refractivity contribution < 1.29 is 14.6 Å². The first-order valence-electron chi connectivity index (χ1n) is 7.68. The van der Waals surface area contributed by atoms with Crippen molar-refractivity contribution in [3.8, 4) is 11.5 Å². The molecule has 0 amide bonds. The van der Waals surface area contributed by atoms with E-state index in [4.69, 9.17) is 9.47 Å². The number of hydrogen-bond donors (Lipinski definition) is 1. The number of aromatic nitrogens is 2. The van der Waals surface area contributed by atoms with Gasteiger partial charge in [-0.25, -0.2) is 4.98 Å². The van der Waals surface area contributed by atoms with Crippen molar-refractivity contribution in [1.82, 2.24) is 9.55 Å². The van der Waals surface area contributed by atoms with Gasteiger partial charge >= 0.3 is 0 Å². The molecule has 3 aromatic rings. The molecule has 0 saturated heterocycles. The van der Waals surface area contributed by atoms with E-state index in [1.807, 2.05) is 41.1 Å². The third kappa shape index (κ3) is 3.26. The summed E-state index contributed by atoms with van der Waals surface area (Å²) in [4.78, 5) is 4.33. The van der Waals surface area contributed by atoms with Crippen LogP contribution in [0.15, 0.2) is 60.9 Å². The molecular weight excluding hydrogens is 304 g/mol. The summed E-state index contributed by atoms with van der Waals surface area (Å²) < 4.78 is 12.5. The summed E-state index contributed by atoms with van der Waals surface area (Å²) >= 11 is 0. The van der Waals surface area contributed by atoms with Crippen LogP contribution in [0.5, 0.6) is 11.5 Å². The Labute approximate surface area is 141 Å². The van der Waals surface area contributed by atoms with E-state index in [0.29, 0.717) is 29.4 Å². The minimum atomic E-state index is -0.885. The average Bonchev–Trinajstić information content (AvgIpc) is 3.09. The van der Waals surface area contributed by atoms with Crippen molar-refractivity contribution in [2.24, 2.45) is 0 Å². The fraction of sp³-hybridized carbons (Fsp3) is 0.211. The normalized spacial score (nSPS) is 12.0. The molecule has 124 valence electrons. The molecule has 0 radical (unpaired) electrons. The summed E-state index contributed by atoms with van der Waals surface area (Å²) in [5, 5.41) is 10.8. The number of aliphatic hydroxyl groups excluding tert-OH is 1. The van der Waals surface area contributed by atoms with Gasteiger partial charge in [0.2, 0.25) is 0 Å². The van der Waals surface area contributed by atoms with E-state index < -0.39 is 6.10 Å².